The zero-order valence-corrected chi connectivity index (χ0v) is 13.8. The second-order valence-electron chi connectivity index (χ2n) is 5.77. The van der Waals surface area contributed by atoms with Crippen molar-refractivity contribution in [1.82, 2.24) is 0 Å². The van der Waals surface area contributed by atoms with Gasteiger partial charge in [0, 0.05) is 5.69 Å². The number of rotatable bonds is 3. The lowest BCUT2D eigenvalue weighted by Crippen LogP contribution is -2.54. The van der Waals surface area contributed by atoms with Crippen LogP contribution in [0.3, 0.4) is 0 Å². The van der Waals surface area contributed by atoms with Crippen LogP contribution in [0.25, 0.3) is 0 Å². The van der Waals surface area contributed by atoms with Gasteiger partial charge in [-0.2, -0.15) is 26.3 Å². The molecule has 0 radical (unpaired) electrons. The molecule has 2 aromatic rings. The van der Waals surface area contributed by atoms with Gasteiger partial charge in [-0.1, -0.05) is 18.2 Å². The first kappa shape index (κ1) is 19.7. The lowest BCUT2D eigenvalue weighted by Gasteiger charge is -2.38. The van der Waals surface area contributed by atoms with Crippen molar-refractivity contribution in [1.29, 1.82) is 0 Å². The maximum Gasteiger partial charge on any atom is 0.411 e. The van der Waals surface area contributed by atoms with E-state index in [4.69, 9.17) is 16.2 Å². The van der Waals surface area contributed by atoms with E-state index in [1.54, 1.807) is 0 Å². The molecule has 0 aliphatic rings. The van der Waals surface area contributed by atoms with E-state index in [0.717, 1.165) is 18.2 Å². The van der Waals surface area contributed by atoms with Gasteiger partial charge in [0.2, 0.25) is 5.41 Å². The minimum atomic E-state index is -5.70. The zero-order valence-electron chi connectivity index (χ0n) is 13.8. The first-order valence-corrected chi connectivity index (χ1v) is 7.30. The Hall–Kier alpha value is -2.58. The van der Waals surface area contributed by atoms with Gasteiger partial charge in [-0.3, -0.25) is 0 Å². The molecule has 142 valence electrons. The molecular formula is C17H16F6N2O. The molecule has 0 unspecified atom stereocenters. The van der Waals surface area contributed by atoms with E-state index in [9.17, 15) is 26.3 Å². The topological polar surface area (TPSA) is 61.3 Å². The predicted octanol–water partition coefficient (Wildman–Crippen LogP) is 4.58. The first-order valence-electron chi connectivity index (χ1n) is 7.30. The summed E-state index contributed by atoms with van der Waals surface area (Å²) in [5.41, 5.74) is 4.58. The highest BCUT2D eigenvalue weighted by molar-refractivity contribution is 5.60. The van der Waals surface area contributed by atoms with Crippen molar-refractivity contribution in [2.45, 2.75) is 24.7 Å². The summed E-state index contributed by atoms with van der Waals surface area (Å²) in [7, 11) is 1.20. The minimum Gasteiger partial charge on any atom is -0.495 e. The van der Waals surface area contributed by atoms with E-state index in [1.807, 2.05) is 0 Å². The maximum absolute atomic E-state index is 14.0. The predicted molar refractivity (Wildman–Crippen MR) is 85.9 cm³/mol. The van der Waals surface area contributed by atoms with Crippen LogP contribution in [0.5, 0.6) is 5.75 Å². The van der Waals surface area contributed by atoms with E-state index < -0.39 is 28.9 Å². The lowest BCUT2D eigenvalue weighted by atomic mass is 9.72. The molecule has 0 aliphatic heterocycles. The molecule has 0 atom stereocenters. The minimum absolute atomic E-state index is 0.0320. The van der Waals surface area contributed by atoms with Crippen LogP contribution in [0.4, 0.5) is 37.7 Å². The number of hydrogen-bond donors (Lipinski definition) is 2. The van der Waals surface area contributed by atoms with E-state index in [0.29, 0.717) is 23.8 Å². The SMILES string of the molecule is COc1ccc(C(c2ccc(C)c(N)c2)(C(F)(F)F)C(F)(F)F)cc1N. The number of alkyl halides is 6. The Kier molecular flexibility index (Phi) is 4.78. The van der Waals surface area contributed by atoms with Gasteiger partial charge >= 0.3 is 12.4 Å². The number of nitrogens with two attached hydrogens (primary N) is 2. The average molecular weight is 378 g/mol. The number of methoxy groups -OCH3 is 1. The Morgan fingerprint density at radius 3 is 1.62 bits per heavy atom. The highest BCUT2D eigenvalue weighted by atomic mass is 19.4. The van der Waals surface area contributed by atoms with Crippen LogP contribution in [0.1, 0.15) is 16.7 Å². The van der Waals surface area contributed by atoms with Crippen molar-refractivity contribution in [3.8, 4) is 5.75 Å². The van der Waals surface area contributed by atoms with Crippen molar-refractivity contribution < 1.29 is 31.1 Å². The van der Waals surface area contributed by atoms with Crippen molar-refractivity contribution in [3.05, 3.63) is 53.1 Å². The Bertz CT molecular complexity index is 800. The number of hydrogen-bond acceptors (Lipinski definition) is 3. The summed E-state index contributed by atoms with van der Waals surface area (Å²) in [6.07, 6.45) is -11.4. The Labute approximate surface area is 145 Å². The molecule has 0 bridgehead atoms. The molecule has 0 heterocycles. The quantitative estimate of drug-likeness (QED) is 0.607. The van der Waals surface area contributed by atoms with Crippen molar-refractivity contribution >= 4 is 11.4 Å². The summed E-state index contributed by atoms with van der Waals surface area (Å²) in [5, 5.41) is 0. The summed E-state index contributed by atoms with van der Waals surface area (Å²) in [6.45, 7) is 1.48. The molecule has 3 nitrogen and oxygen atoms in total. The molecule has 0 fully saturated rings. The number of benzene rings is 2. The van der Waals surface area contributed by atoms with Gasteiger partial charge in [-0.25, -0.2) is 0 Å². The van der Waals surface area contributed by atoms with Gasteiger partial charge < -0.3 is 16.2 Å². The number of halogens is 6. The summed E-state index contributed by atoms with van der Waals surface area (Å²) in [5.74, 6) is -0.0320. The molecule has 0 spiro atoms. The van der Waals surface area contributed by atoms with Crippen LogP contribution in [-0.4, -0.2) is 19.5 Å². The van der Waals surface area contributed by atoms with E-state index in [2.05, 4.69) is 0 Å². The number of anilines is 2. The van der Waals surface area contributed by atoms with Crippen LogP contribution in [0, 0.1) is 6.92 Å². The van der Waals surface area contributed by atoms with Crippen LogP contribution in [-0.2, 0) is 5.41 Å². The third kappa shape index (κ3) is 2.91. The molecular weight excluding hydrogens is 362 g/mol. The molecule has 4 N–H and O–H groups in total. The summed E-state index contributed by atoms with van der Waals surface area (Å²) < 4.78 is 88.6. The summed E-state index contributed by atoms with van der Waals surface area (Å²) >= 11 is 0. The Morgan fingerprint density at radius 1 is 0.769 bits per heavy atom. The van der Waals surface area contributed by atoms with Gasteiger partial charge in [0.1, 0.15) is 5.75 Å². The van der Waals surface area contributed by atoms with Gasteiger partial charge in [-0.05, 0) is 41.8 Å². The highest BCUT2D eigenvalue weighted by Gasteiger charge is 2.72. The van der Waals surface area contributed by atoms with Crippen LogP contribution in [0.2, 0.25) is 0 Å². The standard InChI is InChI=1S/C17H16F6N2O/c1-9-3-4-10(7-12(9)24)15(16(18,19)20,17(21,22)23)11-5-6-14(26-2)13(25)8-11/h3-8H,24-25H2,1-2H3. The van der Waals surface area contributed by atoms with Crippen LogP contribution < -0.4 is 16.2 Å². The molecule has 2 rings (SSSR count). The second-order valence-corrected chi connectivity index (χ2v) is 5.77. The first-order chi connectivity index (χ1) is 11.9. The fourth-order valence-electron chi connectivity index (χ4n) is 2.82. The lowest BCUT2D eigenvalue weighted by molar-refractivity contribution is -0.288. The van der Waals surface area contributed by atoms with Crippen molar-refractivity contribution in [2.75, 3.05) is 18.6 Å². The van der Waals surface area contributed by atoms with Gasteiger partial charge in [0.25, 0.3) is 0 Å². The fourth-order valence-corrected chi connectivity index (χ4v) is 2.82. The van der Waals surface area contributed by atoms with Gasteiger partial charge in [0.05, 0.1) is 12.8 Å². The molecule has 0 aromatic heterocycles. The highest BCUT2D eigenvalue weighted by Crippen LogP contribution is 2.57. The third-order valence-electron chi connectivity index (χ3n) is 4.23. The van der Waals surface area contributed by atoms with Gasteiger partial charge in [-0.15, -0.1) is 0 Å². The normalized spacial score (nSPS) is 12.9. The molecule has 0 aliphatic carbocycles. The summed E-state index contributed by atoms with van der Waals surface area (Å²) in [4.78, 5) is 0. The maximum atomic E-state index is 14.0. The monoisotopic (exact) mass is 378 g/mol. The smallest absolute Gasteiger partial charge is 0.411 e. The average Bonchev–Trinajstić information content (AvgIpc) is 2.49. The molecule has 2 aromatic carbocycles. The van der Waals surface area contributed by atoms with E-state index in [1.165, 1.54) is 14.0 Å². The molecule has 0 saturated carbocycles. The number of nitrogen functional groups attached to an aromatic ring is 2. The van der Waals surface area contributed by atoms with Gasteiger partial charge in [0.15, 0.2) is 0 Å². The summed E-state index contributed by atoms with van der Waals surface area (Å²) in [6, 6.07) is 4.87. The molecule has 0 saturated heterocycles. The Morgan fingerprint density at radius 2 is 1.23 bits per heavy atom. The number of ether oxygens (including phenoxy) is 1. The van der Waals surface area contributed by atoms with Crippen LogP contribution in [0.15, 0.2) is 36.4 Å². The molecule has 9 heteroatoms. The van der Waals surface area contributed by atoms with E-state index in [-0.39, 0.29) is 17.1 Å². The second kappa shape index (κ2) is 6.30. The van der Waals surface area contributed by atoms with E-state index >= 15 is 0 Å². The number of aryl methyl sites for hydroxylation is 1. The molecule has 0 amide bonds. The Balaban J connectivity index is 2.93. The van der Waals surface area contributed by atoms with Crippen LogP contribution >= 0.6 is 0 Å². The third-order valence-corrected chi connectivity index (χ3v) is 4.23. The van der Waals surface area contributed by atoms with Crippen molar-refractivity contribution in [3.63, 3.8) is 0 Å². The zero-order chi connectivity index (χ0) is 19.9. The van der Waals surface area contributed by atoms with Crippen molar-refractivity contribution in [2.24, 2.45) is 0 Å². The molecule has 26 heavy (non-hydrogen) atoms. The fraction of sp³-hybridized carbons (Fsp3) is 0.294. The largest absolute Gasteiger partial charge is 0.495 e.